The van der Waals surface area contributed by atoms with Gasteiger partial charge in [0.25, 0.3) is 21.2 Å². The Morgan fingerprint density at radius 1 is 0.915 bits per heavy atom. The van der Waals surface area contributed by atoms with Gasteiger partial charge in [0.15, 0.2) is 11.3 Å². The molecule has 242 valence electrons. The van der Waals surface area contributed by atoms with Gasteiger partial charge in [-0.3, -0.25) is 18.9 Å². The molecular formula is C21H22N8Na2O12P2S2. The molecule has 4 aromatic heterocycles. The zero-order chi connectivity index (χ0) is 31.7. The molecular weight excluding hydrogens is 728 g/mol. The van der Waals surface area contributed by atoms with E-state index in [9.17, 15) is 23.7 Å². The van der Waals surface area contributed by atoms with Crippen molar-refractivity contribution in [2.75, 3.05) is 31.8 Å². The second-order valence-electron chi connectivity index (χ2n) is 10.1. The predicted molar refractivity (Wildman–Crippen MR) is 150 cm³/mol. The smallest absolute Gasteiger partial charge is 0.756 e. The fourth-order valence-electron chi connectivity index (χ4n) is 5.40. The molecule has 9 atom stereocenters. The number of hydrogen-bond donors (Lipinski definition) is 3. The number of nitrogen functional groups attached to an aromatic ring is 2. The molecule has 3 fully saturated rings. The molecule has 0 amide bonds. The van der Waals surface area contributed by atoms with Gasteiger partial charge in [-0.15, -0.1) is 0 Å². The summed E-state index contributed by atoms with van der Waals surface area (Å²) in [4.78, 5) is 53.9. The van der Waals surface area contributed by atoms with E-state index in [1.165, 1.54) is 13.4 Å². The van der Waals surface area contributed by atoms with Crippen LogP contribution in [-0.4, -0.2) is 79.5 Å². The number of anilines is 2. The van der Waals surface area contributed by atoms with Crippen molar-refractivity contribution < 1.29 is 110 Å². The number of rotatable bonds is 3. The van der Waals surface area contributed by atoms with Crippen LogP contribution in [0.15, 0.2) is 11.1 Å². The van der Waals surface area contributed by atoms with Crippen LogP contribution in [0.5, 0.6) is 0 Å². The van der Waals surface area contributed by atoms with E-state index in [2.05, 4.69) is 28.7 Å². The Morgan fingerprint density at radius 2 is 1.60 bits per heavy atom. The topological polar surface area (TPSA) is 294 Å². The average Bonchev–Trinajstić information content (AvgIpc) is 3.74. The number of methoxy groups -OCH3 is 1. The first-order valence-corrected chi connectivity index (χ1v) is 17.5. The minimum absolute atomic E-state index is 0. The van der Waals surface area contributed by atoms with E-state index < -0.39 is 77.1 Å². The van der Waals surface area contributed by atoms with Crippen LogP contribution in [-0.2, 0) is 41.4 Å². The maximum Gasteiger partial charge on any atom is 1.00 e. The number of nitrogens with one attached hydrogen (secondary N) is 1. The molecule has 5 N–H and O–H groups in total. The fourth-order valence-corrected chi connectivity index (χ4v) is 9.02. The van der Waals surface area contributed by atoms with Crippen LogP contribution in [0, 0.1) is 0 Å². The minimum atomic E-state index is -5.18. The predicted octanol–water partition coefficient (Wildman–Crippen LogP) is -6.31. The van der Waals surface area contributed by atoms with Gasteiger partial charge in [0.2, 0.25) is 5.95 Å². The summed E-state index contributed by atoms with van der Waals surface area (Å²) in [6.45, 7) is -1.34. The molecule has 26 heteroatoms. The van der Waals surface area contributed by atoms with Crippen LogP contribution in [0.2, 0.25) is 0 Å². The van der Waals surface area contributed by atoms with Crippen LogP contribution < -0.4 is 85.9 Å². The SMILES string of the molecule is CO[C@H]1[C@H]2OP(=O)([O-])OC[C@H]3O[C@@H](c4snc5c(N)ncnc45)C[C@@H]3OP(=O)([O-])OC[C@H]1O[C@H]2c1snc2c(=O)[nH]c(N)nc12.[Na+].[Na+]. The quantitative estimate of drug-likeness (QED) is 0.130. The number of aromatic amines is 1. The summed E-state index contributed by atoms with van der Waals surface area (Å²) in [5.74, 6) is -0.0740. The third-order valence-electron chi connectivity index (χ3n) is 7.34. The van der Waals surface area contributed by atoms with Crippen molar-refractivity contribution in [3.05, 3.63) is 26.4 Å². The molecule has 0 radical (unpaired) electrons. The number of nitrogens with zero attached hydrogens (tertiary/aromatic N) is 5. The van der Waals surface area contributed by atoms with Crippen LogP contribution in [0.4, 0.5) is 11.8 Å². The van der Waals surface area contributed by atoms with Gasteiger partial charge in [-0.25, -0.2) is 15.0 Å². The molecule has 7 rings (SSSR count). The number of fused-ring (bicyclic) bond motifs is 5. The van der Waals surface area contributed by atoms with Gasteiger partial charge in [0, 0.05) is 13.5 Å². The monoisotopic (exact) mass is 750 g/mol. The van der Waals surface area contributed by atoms with Gasteiger partial charge in [-0.1, -0.05) is 0 Å². The summed E-state index contributed by atoms with van der Waals surface area (Å²) in [7, 11) is -9.01. The Kier molecular flexibility index (Phi) is 11.7. The summed E-state index contributed by atoms with van der Waals surface area (Å²) in [6, 6.07) is 0. The standard InChI is InChI=1S/C21H24N8O12P2S2.2Na/c1-35-14-9-4-37-42(31,32)40-6-2-7(17-10-12(28-44-17)19(22)25-5-24-10)38-8(6)3-36-43(33,34)41-15(14)16(39-9)18-11-13(29-45-18)20(30)27-21(23)26-11;;/h5-9,14-16H,2-4H2,1H3,(H,31,32)(H,33,34)(H2,22,24,25)(H3,23,26,27,30);;/q;2*+1/p-2/t6-,7+,8+,9+,14+,15+,16+;;/m0../s1. The van der Waals surface area contributed by atoms with Crippen LogP contribution >= 0.6 is 38.7 Å². The van der Waals surface area contributed by atoms with Gasteiger partial charge in [0.1, 0.15) is 53.4 Å². The molecule has 3 aliphatic heterocycles. The van der Waals surface area contributed by atoms with Crippen molar-refractivity contribution in [3.8, 4) is 0 Å². The van der Waals surface area contributed by atoms with Crippen molar-refractivity contribution >= 4 is 72.5 Å². The largest absolute Gasteiger partial charge is 1.00 e. The summed E-state index contributed by atoms with van der Waals surface area (Å²) in [6.07, 6.45) is -7.18. The van der Waals surface area contributed by atoms with E-state index in [1.54, 1.807) is 0 Å². The summed E-state index contributed by atoms with van der Waals surface area (Å²) in [5, 5.41) is 0. The second-order valence-corrected chi connectivity index (χ2v) is 14.4. The number of hydrogen-bond acceptors (Lipinski definition) is 21. The van der Waals surface area contributed by atoms with Crippen LogP contribution in [0.1, 0.15) is 28.4 Å². The molecule has 0 aliphatic carbocycles. The van der Waals surface area contributed by atoms with Gasteiger partial charge in [0.05, 0.1) is 35.2 Å². The van der Waals surface area contributed by atoms with E-state index in [4.69, 9.17) is 43.8 Å². The molecule has 7 heterocycles. The number of ether oxygens (including phenoxy) is 3. The Balaban J connectivity index is 0.00000217. The number of H-pyrrole nitrogens is 1. The Hall–Kier alpha value is -0.560. The fraction of sp³-hybridized carbons (Fsp3) is 0.524. The van der Waals surface area contributed by atoms with E-state index in [1.807, 2.05) is 0 Å². The maximum absolute atomic E-state index is 13.2. The summed E-state index contributed by atoms with van der Waals surface area (Å²) < 4.78 is 73.4. The first-order chi connectivity index (χ1) is 21.4. The van der Waals surface area contributed by atoms with Crippen molar-refractivity contribution in [2.24, 2.45) is 0 Å². The molecule has 4 aromatic rings. The molecule has 0 aromatic carbocycles. The molecule has 3 saturated heterocycles. The Morgan fingerprint density at radius 3 is 2.34 bits per heavy atom. The molecule has 0 spiro atoms. The second kappa shape index (κ2) is 14.6. The van der Waals surface area contributed by atoms with E-state index in [-0.39, 0.29) is 93.2 Å². The number of phosphoric ester groups is 2. The Bertz CT molecular complexity index is 1940. The Labute approximate surface area is 316 Å². The van der Waals surface area contributed by atoms with E-state index >= 15 is 0 Å². The van der Waals surface area contributed by atoms with Crippen molar-refractivity contribution in [3.63, 3.8) is 0 Å². The van der Waals surface area contributed by atoms with Crippen molar-refractivity contribution in [1.82, 2.24) is 28.7 Å². The maximum atomic E-state index is 13.2. The van der Waals surface area contributed by atoms with Gasteiger partial charge in [-0.05, 0) is 23.1 Å². The van der Waals surface area contributed by atoms with Gasteiger partial charge < -0.3 is 53.6 Å². The number of phosphoric acid groups is 2. The zero-order valence-corrected chi connectivity index (χ0v) is 32.2. The van der Waals surface area contributed by atoms with Crippen molar-refractivity contribution in [2.45, 2.75) is 49.1 Å². The van der Waals surface area contributed by atoms with E-state index in [0.717, 1.165) is 23.1 Å². The van der Waals surface area contributed by atoms with Crippen LogP contribution in [0.3, 0.4) is 0 Å². The summed E-state index contributed by atoms with van der Waals surface area (Å²) in [5.41, 5.74) is 11.7. The van der Waals surface area contributed by atoms with Crippen molar-refractivity contribution in [1.29, 1.82) is 0 Å². The molecule has 3 aliphatic rings. The normalized spacial score (nSPS) is 34.5. The number of nitrogens with two attached hydrogens (primary N) is 2. The first-order valence-electron chi connectivity index (χ1n) is 13.1. The van der Waals surface area contributed by atoms with E-state index in [0.29, 0.717) is 15.9 Å². The van der Waals surface area contributed by atoms with Crippen LogP contribution in [0.25, 0.3) is 22.1 Å². The third-order valence-corrected chi connectivity index (χ3v) is 11.1. The number of aromatic nitrogens is 6. The molecule has 47 heavy (non-hydrogen) atoms. The molecule has 0 saturated carbocycles. The molecule has 2 unspecified atom stereocenters. The zero-order valence-electron chi connectivity index (χ0n) is 24.7. The average molecular weight is 751 g/mol. The van der Waals surface area contributed by atoms with Gasteiger partial charge >= 0.3 is 59.1 Å². The van der Waals surface area contributed by atoms with Gasteiger partial charge in [-0.2, -0.15) is 8.75 Å². The first kappa shape index (κ1) is 37.7. The minimum Gasteiger partial charge on any atom is -0.756 e. The molecule has 20 nitrogen and oxygen atoms in total. The summed E-state index contributed by atoms with van der Waals surface area (Å²) >= 11 is 1.81. The third kappa shape index (κ3) is 7.43. The molecule has 2 bridgehead atoms.